The van der Waals surface area contributed by atoms with Crippen LogP contribution in [0.1, 0.15) is 30.3 Å². The van der Waals surface area contributed by atoms with Crippen LogP contribution >= 0.6 is 11.3 Å². The highest BCUT2D eigenvalue weighted by atomic mass is 32.1. The van der Waals surface area contributed by atoms with E-state index in [-0.39, 0.29) is 11.2 Å². The molecule has 1 aliphatic rings. The standard InChI is InChI=1S/C10H14N2O3S/c1-10(2-4-15-5-3-10)12-8-7(9(13)14)11-6-16-8/h6,12H,2-5H2,1H3,(H,13,14). The number of hydrogen-bond acceptors (Lipinski definition) is 5. The predicted octanol–water partition coefficient (Wildman–Crippen LogP) is 1.82. The first-order chi connectivity index (χ1) is 7.61. The zero-order chi connectivity index (χ0) is 11.6. The number of aromatic carboxylic acids is 1. The highest BCUT2D eigenvalue weighted by Crippen LogP contribution is 2.29. The first-order valence-corrected chi connectivity index (χ1v) is 6.01. The van der Waals surface area contributed by atoms with Crippen LogP contribution in [0.4, 0.5) is 5.00 Å². The molecule has 0 aromatic carbocycles. The third-order valence-corrected chi connectivity index (χ3v) is 3.52. The quantitative estimate of drug-likeness (QED) is 0.846. The third kappa shape index (κ3) is 2.33. The van der Waals surface area contributed by atoms with E-state index in [1.54, 1.807) is 5.51 Å². The summed E-state index contributed by atoms with van der Waals surface area (Å²) in [5, 5.41) is 12.9. The Labute approximate surface area is 97.5 Å². The van der Waals surface area contributed by atoms with Gasteiger partial charge in [0.05, 0.1) is 5.51 Å². The number of carboxylic acids is 1. The molecule has 1 aromatic heterocycles. The number of ether oxygens (including phenoxy) is 1. The van der Waals surface area contributed by atoms with Gasteiger partial charge in [-0.25, -0.2) is 9.78 Å². The molecule has 1 saturated heterocycles. The summed E-state index contributed by atoms with van der Waals surface area (Å²) < 4.78 is 5.29. The topological polar surface area (TPSA) is 71.5 Å². The van der Waals surface area contributed by atoms with Crippen molar-refractivity contribution in [3.8, 4) is 0 Å². The van der Waals surface area contributed by atoms with Crippen molar-refractivity contribution in [3.63, 3.8) is 0 Å². The zero-order valence-corrected chi connectivity index (χ0v) is 9.84. The summed E-state index contributed by atoms with van der Waals surface area (Å²) >= 11 is 1.33. The fraction of sp³-hybridized carbons (Fsp3) is 0.600. The predicted molar refractivity (Wildman–Crippen MR) is 61.2 cm³/mol. The lowest BCUT2D eigenvalue weighted by Gasteiger charge is -2.34. The smallest absolute Gasteiger partial charge is 0.357 e. The molecule has 1 fully saturated rings. The van der Waals surface area contributed by atoms with E-state index < -0.39 is 5.97 Å². The first-order valence-electron chi connectivity index (χ1n) is 5.13. The van der Waals surface area contributed by atoms with Crippen LogP contribution < -0.4 is 5.32 Å². The van der Waals surface area contributed by atoms with Crippen LogP contribution in [0.25, 0.3) is 0 Å². The lowest BCUT2D eigenvalue weighted by molar-refractivity contribution is 0.0656. The van der Waals surface area contributed by atoms with Gasteiger partial charge in [0.15, 0.2) is 5.69 Å². The van der Waals surface area contributed by atoms with Gasteiger partial charge in [-0.15, -0.1) is 11.3 Å². The molecule has 2 N–H and O–H groups in total. The van der Waals surface area contributed by atoms with Gasteiger partial charge in [0.25, 0.3) is 0 Å². The summed E-state index contributed by atoms with van der Waals surface area (Å²) in [7, 11) is 0. The molecule has 6 heteroatoms. The van der Waals surface area contributed by atoms with Gasteiger partial charge in [0, 0.05) is 18.8 Å². The maximum atomic E-state index is 10.9. The second-order valence-electron chi connectivity index (χ2n) is 4.13. The summed E-state index contributed by atoms with van der Waals surface area (Å²) in [6.07, 6.45) is 1.76. The van der Waals surface area contributed by atoms with Crippen molar-refractivity contribution in [2.75, 3.05) is 18.5 Å². The normalized spacial score (nSPS) is 19.3. The van der Waals surface area contributed by atoms with E-state index >= 15 is 0 Å². The van der Waals surface area contributed by atoms with Gasteiger partial charge in [0.1, 0.15) is 5.00 Å². The van der Waals surface area contributed by atoms with Gasteiger partial charge in [0.2, 0.25) is 0 Å². The van der Waals surface area contributed by atoms with E-state index in [2.05, 4.69) is 17.2 Å². The van der Waals surface area contributed by atoms with Gasteiger partial charge < -0.3 is 15.2 Å². The molecule has 1 aliphatic heterocycles. The average Bonchev–Trinajstić information content (AvgIpc) is 2.66. The molecule has 16 heavy (non-hydrogen) atoms. The van der Waals surface area contributed by atoms with E-state index in [1.165, 1.54) is 11.3 Å². The molecule has 0 amide bonds. The Morgan fingerprint density at radius 2 is 2.31 bits per heavy atom. The highest BCUT2D eigenvalue weighted by Gasteiger charge is 2.29. The van der Waals surface area contributed by atoms with E-state index in [0.717, 1.165) is 12.8 Å². The second-order valence-corrected chi connectivity index (χ2v) is 4.99. The number of thiazole rings is 1. The molecule has 2 rings (SSSR count). The van der Waals surface area contributed by atoms with Crippen molar-refractivity contribution in [1.29, 1.82) is 0 Å². The molecule has 1 aromatic rings. The van der Waals surface area contributed by atoms with Crippen LogP contribution in [0.15, 0.2) is 5.51 Å². The van der Waals surface area contributed by atoms with E-state index in [9.17, 15) is 4.79 Å². The second kappa shape index (κ2) is 4.39. The molecular formula is C10H14N2O3S. The van der Waals surface area contributed by atoms with E-state index in [4.69, 9.17) is 9.84 Å². The SMILES string of the molecule is CC1(Nc2scnc2C(=O)O)CCOCC1. The van der Waals surface area contributed by atoms with Crippen LogP contribution in [0.2, 0.25) is 0 Å². The van der Waals surface area contributed by atoms with E-state index in [0.29, 0.717) is 18.2 Å². The molecule has 0 bridgehead atoms. The summed E-state index contributed by atoms with van der Waals surface area (Å²) in [6.45, 7) is 3.51. The maximum Gasteiger partial charge on any atom is 0.357 e. The van der Waals surface area contributed by atoms with Crippen molar-refractivity contribution in [3.05, 3.63) is 11.2 Å². The van der Waals surface area contributed by atoms with Crippen molar-refractivity contribution in [2.24, 2.45) is 0 Å². The van der Waals surface area contributed by atoms with Crippen molar-refractivity contribution in [2.45, 2.75) is 25.3 Å². The molecule has 2 heterocycles. The summed E-state index contributed by atoms with van der Waals surface area (Å²) in [4.78, 5) is 14.7. The maximum absolute atomic E-state index is 10.9. The Morgan fingerprint density at radius 3 is 2.94 bits per heavy atom. The Kier molecular flexibility index (Phi) is 3.11. The molecule has 5 nitrogen and oxygen atoms in total. The number of rotatable bonds is 3. The number of nitrogens with one attached hydrogen (secondary N) is 1. The zero-order valence-electron chi connectivity index (χ0n) is 9.02. The third-order valence-electron chi connectivity index (χ3n) is 2.78. The Morgan fingerprint density at radius 1 is 1.62 bits per heavy atom. The minimum Gasteiger partial charge on any atom is -0.476 e. The van der Waals surface area contributed by atoms with Crippen LogP contribution in [0, 0.1) is 0 Å². The van der Waals surface area contributed by atoms with Gasteiger partial charge in [-0.1, -0.05) is 0 Å². The number of carbonyl (C=O) groups is 1. The number of anilines is 1. The fourth-order valence-corrected chi connectivity index (χ4v) is 2.53. The molecule has 0 radical (unpaired) electrons. The van der Waals surface area contributed by atoms with Gasteiger partial charge in [-0.05, 0) is 19.8 Å². The molecule has 0 atom stereocenters. The van der Waals surface area contributed by atoms with Crippen LogP contribution in [-0.2, 0) is 4.74 Å². The molecule has 0 aliphatic carbocycles. The van der Waals surface area contributed by atoms with Gasteiger partial charge >= 0.3 is 5.97 Å². The monoisotopic (exact) mass is 242 g/mol. The molecule has 0 saturated carbocycles. The van der Waals surface area contributed by atoms with Crippen LogP contribution in [0.3, 0.4) is 0 Å². The number of nitrogens with zero attached hydrogens (tertiary/aromatic N) is 1. The van der Waals surface area contributed by atoms with Crippen LogP contribution in [0.5, 0.6) is 0 Å². The lowest BCUT2D eigenvalue weighted by Crippen LogP contribution is -2.40. The van der Waals surface area contributed by atoms with Gasteiger partial charge in [-0.2, -0.15) is 0 Å². The summed E-state index contributed by atoms with van der Waals surface area (Å²) in [5.41, 5.74) is 1.57. The van der Waals surface area contributed by atoms with Crippen LogP contribution in [-0.4, -0.2) is 34.8 Å². The number of hydrogen-bond donors (Lipinski definition) is 2. The first kappa shape index (κ1) is 11.3. The summed E-state index contributed by atoms with van der Waals surface area (Å²) in [6, 6.07) is 0. The minimum absolute atomic E-state index is 0.0883. The fourth-order valence-electron chi connectivity index (χ4n) is 1.71. The summed E-state index contributed by atoms with van der Waals surface area (Å²) in [5.74, 6) is -0.987. The molecule has 88 valence electrons. The molecule has 0 spiro atoms. The Bertz CT molecular complexity index is 385. The highest BCUT2D eigenvalue weighted by molar-refractivity contribution is 7.14. The lowest BCUT2D eigenvalue weighted by atomic mass is 9.93. The Balaban J connectivity index is 2.13. The van der Waals surface area contributed by atoms with Crippen molar-refractivity contribution < 1.29 is 14.6 Å². The number of carboxylic acid groups (broad SMARTS) is 1. The van der Waals surface area contributed by atoms with Gasteiger partial charge in [-0.3, -0.25) is 0 Å². The van der Waals surface area contributed by atoms with Crippen molar-refractivity contribution in [1.82, 2.24) is 4.98 Å². The number of aromatic nitrogens is 1. The minimum atomic E-state index is -0.987. The largest absolute Gasteiger partial charge is 0.476 e. The Hall–Kier alpha value is -1.14. The van der Waals surface area contributed by atoms with E-state index in [1.807, 2.05) is 0 Å². The molecule has 0 unspecified atom stereocenters. The van der Waals surface area contributed by atoms with Crippen molar-refractivity contribution >= 4 is 22.3 Å². The average molecular weight is 242 g/mol. The molecular weight excluding hydrogens is 228 g/mol.